The summed E-state index contributed by atoms with van der Waals surface area (Å²) in [5, 5.41) is 15.7. The number of rotatable bonds is 8. The van der Waals surface area contributed by atoms with Gasteiger partial charge in [0.2, 0.25) is 0 Å². The Morgan fingerprint density at radius 3 is 2.54 bits per heavy atom. The summed E-state index contributed by atoms with van der Waals surface area (Å²) in [5.74, 6) is -0.0975. The molecule has 3 N–H and O–H groups in total. The summed E-state index contributed by atoms with van der Waals surface area (Å²) >= 11 is 0. The molecule has 1 aliphatic carbocycles. The fourth-order valence-corrected chi connectivity index (χ4v) is 5.23. The zero-order chi connectivity index (χ0) is 27.2. The van der Waals surface area contributed by atoms with Crippen molar-refractivity contribution in [2.24, 2.45) is 0 Å². The highest BCUT2D eigenvalue weighted by atomic mass is 16.4. The number of urea groups is 1. The van der Waals surface area contributed by atoms with E-state index in [0.717, 1.165) is 65.8 Å². The largest absolute Gasteiger partial charge is 0.478 e. The number of hydrogen-bond acceptors (Lipinski definition) is 3. The van der Waals surface area contributed by atoms with Gasteiger partial charge in [-0.05, 0) is 66.3 Å². The third-order valence-corrected chi connectivity index (χ3v) is 7.24. The molecule has 39 heavy (non-hydrogen) atoms. The van der Waals surface area contributed by atoms with E-state index in [-0.39, 0.29) is 17.6 Å². The zero-order valence-corrected chi connectivity index (χ0v) is 22.2. The first-order valence-corrected chi connectivity index (χ1v) is 13.7. The molecule has 7 nitrogen and oxygen atoms in total. The van der Waals surface area contributed by atoms with Crippen molar-refractivity contribution < 1.29 is 14.7 Å². The van der Waals surface area contributed by atoms with Gasteiger partial charge in [0.15, 0.2) is 0 Å². The Hall–Kier alpha value is -4.39. The second kappa shape index (κ2) is 12.0. The SMILES string of the molecule is CCC=Cc1nc2ccc(NC(=O)NC3CCCCC3)cc2n1Cc1ccc(-c2ccccc2C(=O)O)cc1. The molecule has 0 radical (unpaired) electrons. The lowest BCUT2D eigenvalue weighted by atomic mass is 9.96. The van der Waals surface area contributed by atoms with E-state index >= 15 is 0 Å². The number of carbonyl (C=O) groups is 2. The number of carboxylic acids is 1. The molecule has 200 valence electrons. The smallest absolute Gasteiger partial charge is 0.336 e. The van der Waals surface area contributed by atoms with E-state index in [9.17, 15) is 14.7 Å². The minimum Gasteiger partial charge on any atom is -0.478 e. The highest BCUT2D eigenvalue weighted by Crippen LogP contribution is 2.27. The van der Waals surface area contributed by atoms with Crippen LogP contribution in [0.1, 0.15) is 67.2 Å². The van der Waals surface area contributed by atoms with Gasteiger partial charge in [0, 0.05) is 18.3 Å². The van der Waals surface area contributed by atoms with Gasteiger partial charge in [-0.25, -0.2) is 14.6 Å². The van der Waals surface area contributed by atoms with E-state index in [4.69, 9.17) is 4.98 Å². The number of nitrogens with one attached hydrogen (secondary N) is 2. The number of benzene rings is 3. The average Bonchev–Trinajstić information content (AvgIpc) is 3.29. The van der Waals surface area contributed by atoms with E-state index in [1.54, 1.807) is 12.1 Å². The second-order valence-corrected chi connectivity index (χ2v) is 10.1. The summed E-state index contributed by atoms with van der Waals surface area (Å²) in [7, 11) is 0. The van der Waals surface area contributed by atoms with Crippen molar-refractivity contribution in [2.45, 2.75) is 58.0 Å². The maximum atomic E-state index is 12.7. The molecular weight excluding hydrogens is 488 g/mol. The Balaban J connectivity index is 1.41. The topological polar surface area (TPSA) is 96.3 Å². The molecule has 4 aromatic rings. The van der Waals surface area contributed by atoms with Crippen molar-refractivity contribution in [3.63, 3.8) is 0 Å². The standard InChI is InChI=1S/C32H34N4O3/c1-2-3-13-30-35-28-19-18-25(34-32(39)33-24-9-5-4-6-10-24)20-29(28)36(30)21-22-14-16-23(17-15-22)26-11-7-8-12-27(26)31(37)38/h3,7-8,11-20,24H,2,4-6,9-10,21H2,1H3,(H,37,38)(H2,33,34,39). The molecular formula is C32H34N4O3. The Bertz CT molecular complexity index is 1500. The van der Waals surface area contributed by atoms with Crippen LogP contribution < -0.4 is 10.6 Å². The van der Waals surface area contributed by atoms with Crippen molar-refractivity contribution in [3.05, 3.63) is 89.8 Å². The van der Waals surface area contributed by atoms with Crippen LogP contribution in [0.5, 0.6) is 0 Å². The van der Waals surface area contributed by atoms with Crippen molar-refractivity contribution in [2.75, 3.05) is 5.32 Å². The molecule has 0 saturated heterocycles. The molecule has 1 fully saturated rings. The van der Waals surface area contributed by atoms with Crippen molar-refractivity contribution in [3.8, 4) is 11.1 Å². The predicted molar refractivity (Wildman–Crippen MR) is 156 cm³/mol. The van der Waals surface area contributed by atoms with Crippen LogP contribution in [0.15, 0.2) is 72.8 Å². The lowest BCUT2D eigenvalue weighted by molar-refractivity contribution is 0.0697. The second-order valence-electron chi connectivity index (χ2n) is 10.1. The Labute approximate surface area is 228 Å². The molecule has 1 aliphatic rings. The van der Waals surface area contributed by atoms with Gasteiger partial charge in [-0.2, -0.15) is 0 Å². The van der Waals surface area contributed by atoms with Crippen LogP contribution in [0.2, 0.25) is 0 Å². The maximum Gasteiger partial charge on any atom is 0.336 e. The van der Waals surface area contributed by atoms with E-state index in [1.807, 2.05) is 60.7 Å². The molecule has 1 aromatic heterocycles. The fourth-order valence-electron chi connectivity index (χ4n) is 5.23. The van der Waals surface area contributed by atoms with Crippen LogP contribution in [-0.2, 0) is 6.54 Å². The van der Waals surface area contributed by atoms with Gasteiger partial charge in [-0.15, -0.1) is 0 Å². The molecule has 7 heteroatoms. The Kier molecular flexibility index (Phi) is 8.06. The molecule has 0 spiro atoms. The maximum absolute atomic E-state index is 12.7. The number of allylic oxidation sites excluding steroid dienone is 1. The van der Waals surface area contributed by atoms with Crippen LogP contribution in [0.4, 0.5) is 10.5 Å². The number of carboxylic acid groups (broad SMARTS) is 1. The summed E-state index contributed by atoms with van der Waals surface area (Å²) in [6, 6.07) is 20.9. The van der Waals surface area contributed by atoms with E-state index in [0.29, 0.717) is 12.1 Å². The van der Waals surface area contributed by atoms with E-state index in [2.05, 4.69) is 28.2 Å². The number of carbonyl (C=O) groups excluding carboxylic acids is 1. The van der Waals surface area contributed by atoms with Gasteiger partial charge in [0.05, 0.1) is 16.6 Å². The Morgan fingerprint density at radius 1 is 1.03 bits per heavy atom. The van der Waals surface area contributed by atoms with Gasteiger partial charge in [-0.1, -0.05) is 74.7 Å². The number of imidazole rings is 1. The number of nitrogens with zero attached hydrogens (tertiary/aromatic N) is 2. The van der Waals surface area contributed by atoms with Crippen molar-refractivity contribution in [1.82, 2.24) is 14.9 Å². The average molecular weight is 523 g/mol. The van der Waals surface area contributed by atoms with Gasteiger partial charge < -0.3 is 20.3 Å². The minimum atomic E-state index is -0.941. The van der Waals surface area contributed by atoms with Crippen molar-refractivity contribution >= 4 is 34.8 Å². The lowest BCUT2D eigenvalue weighted by Gasteiger charge is -2.22. The first-order chi connectivity index (χ1) is 19.0. The van der Waals surface area contributed by atoms with Crippen LogP contribution in [-0.4, -0.2) is 32.7 Å². The first kappa shape index (κ1) is 26.2. The predicted octanol–water partition coefficient (Wildman–Crippen LogP) is 7.33. The summed E-state index contributed by atoms with van der Waals surface area (Å²) in [5.41, 5.74) is 5.41. The Morgan fingerprint density at radius 2 is 1.79 bits per heavy atom. The highest BCUT2D eigenvalue weighted by molar-refractivity contribution is 5.96. The summed E-state index contributed by atoms with van der Waals surface area (Å²) in [6.45, 7) is 2.67. The third kappa shape index (κ3) is 6.20. The van der Waals surface area contributed by atoms with Gasteiger partial charge >= 0.3 is 12.0 Å². The minimum absolute atomic E-state index is 0.171. The molecule has 1 heterocycles. The lowest BCUT2D eigenvalue weighted by Crippen LogP contribution is -2.39. The van der Waals surface area contributed by atoms with Crippen LogP contribution in [0, 0.1) is 0 Å². The molecule has 5 rings (SSSR count). The van der Waals surface area contributed by atoms with Crippen molar-refractivity contribution in [1.29, 1.82) is 0 Å². The van der Waals surface area contributed by atoms with Gasteiger partial charge in [0.1, 0.15) is 5.82 Å². The van der Waals surface area contributed by atoms with E-state index < -0.39 is 5.97 Å². The third-order valence-electron chi connectivity index (χ3n) is 7.24. The van der Waals surface area contributed by atoms with Gasteiger partial charge in [0.25, 0.3) is 0 Å². The van der Waals surface area contributed by atoms with Crippen LogP contribution >= 0.6 is 0 Å². The number of anilines is 1. The fraction of sp³-hybridized carbons (Fsp3) is 0.281. The molecule has 0 bridgehead atoms. The summed E-state index contributed by atoms with van der Waals surface area (Å²) in [4.78, 5) is 29.2. The molecule has 2 amide bonds. The number of amides is 2. The molecule has 0 unspecified atom stereocenters. The molecule has 3 aromatic carbocycles. The highest BCUT2D eigenvalue weighted by Gasteiger charge is 2.17. The number of aromatic nitrogens is 2. The molecule has 1 saturated carbocycles. The number of aromatic carboxylic acids is 1. The normalized spacial score (nSPS) is 14.1. The van der Waals surface area contributed by atoms with Crippen LogP contribution in [0.25, 0.3) is 28.2 Å². The molecule has 0 atom stereocenters. The summed E-state index contributed by atoms with van der Waals surface area (Å²) < 4.78 is 2.14. The summed E-state index contributed by atoms with van der Waals surface area (Å²) in [6.07, 6.45) is 10.7. The monoisotopic (exact) mass is 522 g/mol. The quantitative estimate of drug-likeness (QED) is 0.226. The first-order valence-electron chi connectivity index (χ1n) is 13.7. The zero-order valence-electron chi connectivity index (χ0n) is 22.2. The number of hydrogen-bond donors (Lipinski definition) is 3. The molecule has 0 aliphatic heterocycles. The van der Waals surface area contributed by atoms with E-state index in [1.165, 1.54) is 6.42 Å². The number of fused-ring (bicyclic) bond motifs is 1. The van der Waals surface area contributed by atoms with Crippen LogP contribution in [0.3, 0.4) is 0 Å². The van der Waals surface area contributed by atoms with Gasteiger partial charge in [-0.3, -0.25) is 0 Å².